The van der Waals surface area contributed by atoms with Gasteiger partial charge in [0.05, 0.1) is 32.3 Å². The molecular weight excluding hydrogens is 1010 g/mol. The van der Waals surface area contributed by atoms with Gasteiger partial charge >= 0.3 is 0 Å². The first-order valence-corrected chi connectivity index (χ1v) is 29.7. The number of hydrogen-bond acceptors (Lipinski definition) is 0. The second-order valence-electron chi connectivity index (χ2n) is 29.1. The molecule has 0 spiro atoms. The Balaban J connectivity index is 1.55. The lowest BCUT2D eigenvalue weighted by atomic mass is 9.86. The Hall–Kier alpha value is -8.88. The third kappa shape index (κ3) is 12.5. The second-order valence-corrected chi connectivity index (χ2v) is 29.1. The molecule has 0 aliphatic heterocycles. The SMILES string of the molecule is CC(C)(C)c1ccc2c#cc3c4c#cc5ccc(C(C)(C)C)cc5ccc5cc(C(C)(C)C)ccc5c#cc4c4c#cc5ccc(C(C)(C)C)cc5ccc5cc(C(C)(C)C)ccc5c#cc4c3c#cc3ccc(C(C)(C)C)cc3ccc2c1. The molecule has 414 valence electrons. The molecule has 0 aliphatic rings. The topological polar surface area (TPSA) is 0 Å². The average Bonchev–Trinajstić information content (AvgIpc) is 1.16. The molecule has 0 bridgehead atoms. The number of fused-ring (bicyclic) bond motifs is 12. The van der Waals surface area contributed by atoms with Gasteiger partial charge in [-0.3, -0.25) is 0 Å². The molecule has 0 heteroatoms. The van der Waals surface area contributed by atoms with Crippen LogP contribution in [0.4, 0.5) is 0 Å². The number of hydrogen-bond donors (Lipinski definition) is 0. The van der Waals surface area contributed by atoms with E-state index in [9.17, 15) is 0 Å². The highest BCUT2D eigenvalue weighted by Crippen LogP contribution is 2.34. The van der Waals surface area contributed by atoms with Gasteiger partial charge in [0.15, 0.2) is 0 Å². The van der Waals surface area contributed by atoms with E-state index in [1.807, 2.05) is 0 Å². The summed E-state index contributed by atoms with van der Waals surface area (Å²) in [5.74, 6) is 0. The third-order valence-electron chi connectivity index (χ3n) is 16.3. The summed E-state index contributed by atoms with van der Waals surface area (Å²) in [6.45, 7) is 40.6. The number of benzene rings is 7. The molecule has 0 N–H and O–H groups in total. The molecule has 10 rings (SSSR count). The molecule has 0 fully saturated rings. The van der Waals surface area contributed by atoms with Crippen molar-refractivity contribution in [2.24, 2.45) is 0 Å². The van der Waals surface area contributed by atoms with E-state index >= 15 is 0 Å². The zero-order valence-electron chi connectivity index (χ0n) is 52.9. The lowest BCUT2D eigenvalue weighted by molar-refractivity contribution is 0.591. The van der Waals surface area contributed by atoms with E-state index in [0.717, 1.165) is 64.6 Å². The predicted molar refractivity (Wildman–Crippen MR) is 362 cm³/mol. The summed E-state index contributed by atoms with van der Waals surface area (Å²) in [6, 6.07) is 98.6. The van der Waals surface area contributed by atoms with Crippen LogP contribution in [0, 0.1) is 72.8 Å². The summed E-state index contributed by atoms with van der Waals surface area (Å²) in [7, 11) is 0. The Morgan fingerprint density at radius 1 is 0.167 bits per heavy atom. The Labute approximate surface area is 503 Å². The van der Waals surface area contributed by atoms with Gasteiger partial charge in [0.25, 0.3) is 0 Å². The largest absolute Gasteiger partial charge is 0.0609 e. The quantitative estimate of drug-likeness (QED) is 0.142. The maximum Gasteiger partial charge on any atom is 0.0588 e. The maximum atomic E-state index is 3.80. The molecule has 0 nitrogen and oxygen atoms in total. The first kappa shape index (κ1) is 58.3. The Bertz CT molecular complexity index is 3780. The van der Waals surface area contributed by atoms with Crippen LogP contribution in [-0.4, -0.2) is 0 Å². The molecule has 0 saturated heterocycles. The van der Waals surface area contributed by atoms with Crippen LogP contribution in [0.1, 0.15) is 158 Å². The van der Waals surface area contributed by atoms with Gasteiger partial charge < -0.3 is 0 Å². The summed E-state index contributed by atoms with van der Waals surface area (Å²) in [5.41, 5.74) is 6.78. The van der Waals surface area contributed by atoms with Gasteiger partial charge in [0.2, 0.25) is 0 Å². The van der Waals surface area contributed by atoms with Crippen molar-refractivity contribution in [1.82, 2.24) is 0 Å². The van der Waals surface area contributed by atoms with Crippen LogP contribution in [0.15, 0.2) is 146 Å². The number of rotatable bonds is 0. The summed E-state index contributed by atoms with van der Waals surface area (Å²) in [6.07, 6.45) is 0. The van der Waals surface area contributed by atoms with Gasteiger partial charge in [-0.1, -0.05) is 270 Å². The van der Waals surface area contributed by atoms with E-state index in [0.29, 0.717) is 32.3 Å². The predicted octanol–water partition coefficient (Wildman–Crippen LogP) is 22.5. The van der Waals surface area contributed by atoms with Crippen molar-refractivity contribution < 1.29 is 0 Å². The van der Waals surface area contributed by atoms with Crippen molar-refractivity contribution in [3.8, 4) is 0 Å². The van der Waals surface area contributed by atoms with Gasteiger partial charge in [0, 0.05) is 32.3 Å². The minimum atomic E-state index is -0.0933. The highest BCUT2D eigenvalue weighted by atomic mass is 14.2. The van der Waals surface area contributed by atoms with E-state index in [4.69, 9.17) is 0 Å². The second kappa shape index (κ2) is 21.7. The van der Waals surface area contributed by atoms with Crippen LogP contribution in [0.3, 0.4) is 0 Å². The third-order valence-corrected chi connectivity index (χ3v) is 16.3. The molecule has 10 aromatic carbocycles. The van der Waals surface area contributed by atoms with E-state index in [-0.39, 0.29) is 32.5 Å². The van der Waals surface area contributed by atoms with Crippen molar-refractivity contribution in [3.63, 3.8) is 0 Å². The van der Waals surface area contributed by atoms with Crippen LogP contribution in [0.5, 0.6) is 0 Å². The van der Waals surface area contributed by atoms with Gasteiger partial charge in [-0.2, -0.15) is 0 Å². The zero-order chi connectivity index (χ0) is 60.3. The Morgan fingerprint density at radius 3 is 0.417 bits per heavy atom. The molecule has 0 amide bonds. The van der Waals surface area contributed by atoms with Crippen LogP contribution in [-0.2, 0) is 32.5 Å². The molecule has 0 atom stereocenters. The fraction of sp³-hybridized carbons (Fsp3) is 0.286. The molecule has 0 saturated carbocycles. The standard InChI is InChI=1S/C84H78/c1-79(2,3)67-37-25-55-31-43-73-74(44-32-56-26-38-68(80(4,5)6)50-62(56)20-19-61(55)49-67)76-46-34-58-28-40-70(82(10,11)12)53-65(58)23-24-66-54-72(84(16,17)18)42-30-60(66)36-48-78(76)77-47-35-59-29-41-71(83(13,14)15)52-64(59)22-21-63-51-69(81(7,8)9)39-27-57(63)33-45-75(73)77/h19-30,37-42,49-54H,1-18H3. The van der Waals surface area contributed by atoms with Gasteiger partial charge in [-0.05, 0) is 171 Å². The minimum absolute atomic E-state index is 0.0933. The van der Waals surface area contributed by atoms with Gasteiger partial charge in [-0.25, -0.2) is 0 Å². The molecule has 0 heterocycles. The van der Waals surface area contributed by atoms with Crippen molar-refractivity contribution >= 4 is 97.0 Å². The van der Waals surface area contributed by atoms with Crippen molar-refractivity contribution in [3.05, 3.63) is 252 Å². The van der Waals surface area contributed by atoms with Crippen LogP contribution in [0.25, 0.3) is 97.0 Å². The molecule has 0 radical (unpaired) electrons. The van der Waals surface area contributed by atoms with Gasteiger partial charge in [0.1, 0.15) is 0 Å². The van der Waals surface area contributed by atoms with Crippen molar-refractivity contribution in [2.45, 2.75) is 157 Å². The summed E-state index contributed by atoms with van der Waals surface area (Å²) in [4.78, 5) is 0. The molecular formula is C84H78. The highest BCUT2D eigenvalue weighted by molar-refractivity contribution is 6.23. The first-order chi connectivity index (χ1) is 39.4. The van der Waals surface area contributed by atoms with Crippen LogP contribution in [0.2, 0.25) is 0 Å². The fourth-order valence-corrected chi connectivity index (χ4v) is 10.5. The normalized spacial score (nSPS) is 12.1. The van der Waals surface area contributed by atoms with Crippen LogP contribution >= 0.6 is 0 Å². The molecule has 84 heavy (non-hydrogen) atoms. The van der Waals surface area contributed by atoms with E-state index in [1.165, 1.54) is 33.4 Å². The Morgan fingerprint density at radius 2 is 0.298 bits per heavy atom. The highest BCUT2D eigenvalue weighted by Gasteiger charge is 2.19. The molecule has 0 aliphatic carbocycles. The lowest BCUT2D eigenvalue weighted by Crippen LogP contribution is -2.10. The van der Waals surface area contributed by atoms with E-state index < -0.39 is 0 Å². The summed E-state index contributed by atoms with van der Waals surface area (Å²) >= 11 is 0. The van der Waals surface area contributed by atoms with E-state index in [2.05, 4.69) is 343 Å². The lowest BCUT2D eigenvalue weighted by Gasteiger charge is -2.19. The van der Waals surface area contributed by atoms with E-state index in [1.54, 1.807) is 0 Å². The van der Waals surface area contributed by atoms with Crippen molar-refractivity contribution in [2.75, 3.05) is 0 Å². The van der Waals surface area contributed by atoms with Gasteiger partial charge in [-0.15, -0.1) is 0 Å². The maximum absolute atomic E-state index is 3.80. The molecule has 0 unspecified atom stereocenters. The Kier molecular flexibility index (Phi) is 15.1. The molecule has 10 aromatic rings. The smallest absolute Gasteiger partial charge is 0.0588 e. The average molecular weight is 1090 g/mol. The minimum Gasteiger partial charge on any atom is -0.0609 e. The fourth-order valence-electron chi connectivity index (χ4n) is 10.5. The summed E-state index contributed by atoms with van der Waals surface area (Å²) in [5, 5.41) is 15.5. The van der Waals surface area contributed by atoms with Crippen LogP contribution < -0.4 is 0 Å². The molecule has 0 aromatic heterocycles. The first-order valence-electron chi connectivity index (χ1n) is 29.7. The zero-order valence-corrected chi connectivity index (χ0v) is 52.9. The van der Waals surface area contributed by atoms with Crippen molar-refractivity contribution in [1.29, 1.82) is 0 Å². The summed E-state index contributed by atoms with van der Waals surface area (Å²) < 4.78 is 0. The monoisotopic (exact) mass is 1090 g/mol.